The number of guanidine groups is 1. The molecular formula is C40H61N15O15. The molecule has 1 aromatic rings. The third-order valence-corrected chi connectivity index (χ3v) is 10.8. The summed E-state index contributed by atoms with van der Waals surface area (Å²) >= 11 is 0. The molecule has 1 aliphatic rings. The van der Waals surface area contributed by atoms with Crippen molar-refractivity contribution < 1.29 is 62.9 Å². The van der Waals surface area contributed by atoms with Crippen molar-refractivity contribution in [2.45, 2.75) is 115 Å². The van der Waals surface area contributed by atoms with Gasteiger partial charge < -0.3 is 70.2 Å². The van der Waals surface area contributed by atoms with Crippen LogP contribution in [0.5, 0.6) is 0 Å². The monoisotopic (exact) mass is 991 g/mol. The second kappa shape index (κ2) is 28.2. The molecule has 7 atom stereocenters. The Morgan fingerprint density at radius 3 is 1.89 bits per heavy atom. The van der Waals surface area contributed by atoms with Crippen molar-refractivity contribution in [1.29, 1.82) is 0 Å². The van der Waals surface area contributed by atoms with E-state index in [-0.39, 0.29) is 69.7 Å². The fourth-order valence-electron chi connectivity index (χ4n) is 6.91. The number of aliphatic carboxylic acids is 1. The van der Waals surface area contributed by atoms with E-state index in [2.05, 4.69) is 42.2 Å². The molecule has 9 amide bonds. The second-order valence-corrected chi connectivity index (χ2v) is 16.2. The number of carboxylic acids is 1. The van der Waals surface area contributed by atoms with Crippen molar-refractivity contribution in [3.05, 3.63) is 38.4 Å². The Bertz CT molecular complexity index is 2170. The Labute approximate surface area is 399 Å². The number of hydrogen-bond acceptors (Lipinski definition) is 16. The Morgan fingerprint density at radius 2 is 1.34 bits per heavy atom. The van der Waals surface area contributed by atoms with Gasteiger partial charge in [0.2, 0.25) is 53.2 Å². The van der Waals surface area contributed by atoms with Crippen molar-refractivity contribution >= 4 is 82.2 Å². The predicted octanol–water partition coefficient (Wildman–Crippen LogP) is -4.14. The summed E-state index contributed by atoms with van der Waals surface area (Å²) < 4.78 is 0. The van der Waals surface area contributed by atoms with Gasteiger partial charge in [-0.15, -0.1) is 0 Å². The van der Waals surface area contributed by atoms with Crippen molar-refractivity contribution in [1.82, 2.24) is 37.2 Å². The van der Waals surface area contributed by atoms with Gasteiger partial charge in [-0.1, -0.05) is 20.3 Å². The summed E-state index contributed by atoms with van der Waals surface area (Å²) in [7, 11) is 0. The summed E-state index contributed by atoms with van der Waals surface area (Å²) in [5.74, 6) is -10.0. The zero-order valence-corrected chi connectivity index (χ0v) is 38.7. The van der Waals surface area contributed by atoms with Crippen LogP contribution in [0.4, 0.5) is 17.1 Å². The standard InChI is InChI=1S/C40H61N15O15/c1-4-20(2)33(38(64)48-21(3)34(60)46-18-31(58)49-24(11-14-30(42)57)36(62)51-25(39(65)66)7-5-15-45-40(43)44)52-32(59)19-47-35(61)23(10-13-29(41)56)50-37(63)27-8-6-16-53(27)26-12-9-22(54(67)68)17-28(26)55(69)70/h9,12,17,20-21,23-25,27,33H,4-8,10-11,13-16,18-19H2,1-3H3,(H2,41,56)(H2,42,57)(H,46,60)(H,47,61)(H,48,64)(H,49,58)(H,50,63)(H,51,62)(H,52,59)(H,65,66)(H4,43,44,45)/t20-,21+,23+,24+,25-,27+,33+/m1/s1. The van der Waals surface area contributed by atoms with Crippen molar-refractivity contribution in [2.75, 3.05) is 31.1 Å². The van der Waals surface area contributed by atoms with Crippen LogP contribution in [0.1, 0.15) is 78.6 Å². The van der Waals surface area contributed by atoms with Crippen LogP contribution in [0.25, 0.3) is 0 Å². The first-order valence-corrected chi connectivity index (χ1v) is 22.0. The number of amides is 9. The molecule has 1 aromatic carbocycles. The van der Waals surface area contributed by atoms with E-state index in [0.29, 0.717) is 12.8 Å². The van der Waals surface area contributed by atoms with Gasteiger partial charge in [-0.3, -0.25) is 68.4 Å². The quantitative estimate of drug-likeness (QED) is 0.0114. The van der Waals surface area contributed by atoms with Crippen LogP contribution in [0.3, 0.4) is 0 Å². The van der Waals surface area contributed by atoms with Gasteiger partial charge in [-0.2, -0.15) is 0 Å². The van der Waals surface area contributed by atoms with Gasteiger partial charge in [-0.25, -0.2) is 4.79 Å². The largest absolute Gasteiger partial charge is 0.480 e. The van der Waals surface area contributed by atoms with E-state index in [9.17, 15) is 73.3 Å². The summed E-state index contributed by atoms with van der Waals surface area (Å²) in [6, 6.07) is -5.03. The van der Waals surface area contributed by atoms with Crippen LogP contribution in [-0.4, -0.2) is 142 Å². The number of aliphatic imine (C=N–C) groups is 1. The Morgan fingerprint density at radius 1 is 0.757 bits per heavy atom. The second-order valence-electron chi connectivity index (χ2n) is 16.2. The summed E-state index contributed by atoms with van der Waals surface area (Å²) in [6.07, 6.45) is -0.442. The van der Waals surface area contributed by atoms with Crippen LogP contribution < -0.4 is 65.1 Å². The van der Waals surface area contributed by atoms with E-state index in [1.54, 1.807) is 13.8 Å². The number of hydrogen-bond donors (Lipinski definition) is 12. The lowest BCUT2D eigenvalue weighted by Crippen LogP contribution is -2.57. The SMILES string of the molecule is CC[C@@H](C)[C@H](NC(=O)CNC(=O)[C@H](CCC(N)=O)NC(=O)[C@@H]1CCCN1c1ccc([N+](=O)[O-])cc1[N+](=O)[O-])C(=O)N[C@@H](C)C(=O)NCC(=O)N[C@@H](CCC(N)=O)C(=O)N[C@H](CCCN=C(N)N)C(=O)O. The zero-order chi connectivity index (χ0) is 52.8. The highest BCUT2D eigenvalue weighted by atomic mass is 16.6. The maximum Gasteiger partial charge on any atom is 0.326 e. The maximum absolute atomic E-state index is 13.6. The Kier molecular flexibility index (Phi) is 23.3. The molecule has 0 spiro atoms. The van der Waals surface area contributed by atoms with Gasteiger partial charge in [-0.05, 0) is 57.4 Å². The van der Waals surface area contributed by atoms with Gasteiger partial charge in [0.1, 0.15) is 41.9 Å². The zero-order valence-electron chi connectivity index (χ0n) is 38.7. The first-order valence-electron chi connectivity index (χ1n) is 22.0. The summed E-state index contributed by atoms with van der Waals surface area (Å²) in [4.78, 5) is 154. The van der Waals surface area contributed by atoms with Crippen LogP contribution in [0.2, 0.25) is 0 Å². The number of nitrogens with zero attached hydrogens (tertiary/aromatic N) is 4. The maximum atomic E-state index is 13.6. The van der Waals surface area contributed by atoms with Gasteiger partial charge in [0, 0.05) is 32.0 Å². The van der Waals surface area contributed by atoms with E-state index in [1.807, 2.05) is 0 Å². The van der Waals surface area contributed by atoms with Crippen LogP contribution >= 0.6 is 0 Å². The molecule has 386 valence electrons. The van der Waals surface area contributed by atoms with E-state index < -0.39 is 136 Å². The number of benzene rings is 1. The lowest BCUT2D eigenvalue weighted by Gasteiger charge is -2.27. The molecule has 1 saturated heterocycles. The van der Waals surface area contributed by atoms with Crippen molar-refractivity contribution in [2.24, 2.45) is 33.8 Å². The number of nitro groups is 2. The van der Waals surface area contributed by atoms with Crippen LogP contribution in [0, 0.1) is 26.1 Å². The average Bonchev–Trinajstić information content (AvgIpc) is 3.79. The number of carbonyl (C=O) groups is 10. The highest BCUT2D eigenvalue weighted by Crippen LogP contribution is 2.36. The molecule has 30 heteroatoms. The fraction of sp³-hybridized carbons (Fsp3) is 0.575. The number of rotatable bonds is 30. The lowest BCUT2D eigenvalue weighted by atomic mass is 9.98. The molecule has 0 unspecified atom stereocenters. The first kappa shape index (κ1) is 57.9. The number of primary amides is 2. The summed E-state index contributed by atoms with van der Waals surface area (Å²) in [5.41, 5.74) is 19.8. The molecule has 1 aliphatic heterocycles. The number of non-ortho nitro benzene ring substituents is 1. The fourth-order valence-corrected chi connectivity index (χ4v) is 6.91. The highest BCUT2D eigenvalue weighted by Gasteiger charge is 2.37. The topological polar surface area (TPSA) is 481 Å². The van der Waals surface area contributed by atoms with Crippen LogP contribution in [0.15, 0.2) is 23.2 Å². The molecule has 1 heterocycles. The smallest absolute Gasteiger partial charge is 0.326 e. The molecule has 70 heavy (non-hydrogen) atoms. The Balaban J connectivity index is 2.06. The lowest BCUT2D eigenvalue weighted by molar-refractivity contribution is -0.393. The molecule has 1 fully saturated rings. The summed E-state index contributed by atoms with van der Waals surface area (Å²) in [5, 5.41) is 49.2. The van der Waals surface area contributed by atoms with E-state index in [0.717, 1.165) is 18.2 Å². The highest BCUT2D eigenvalue weighted by molar-refractivity contribution is 5.97. The van der Waals surface area contributed by atoms with E-state index in [4.69, 9.17) is 22.9 Å². The summed E-state index contributed by atoms with van der Waals surface area (Å²) in [6.45, 7) is 3.32. The number of carboxylic acid groups (broad SMARTS) is 1. The predicted molar refractivity (Wildman–Crippen MR) is 245 cm³/mol. The van der Waals surface area contributed by atoms with Crippen molar-refractivity contribution in [3.63, 3.8) is 0 Å². The third-order valence-electron chi connectivity index (χ3n) is 10.8. The van der Waals surface area contributed by atoms with Gasteiger partial charge in [0.25, 0.3) is 11.4 Å². The molecule has 30 nitrogen and oxygen atoms in total. The minimum Gasteiger partial charge on any atom is -0.480 e. The molecular weight excluding hydrogens is 931 g/mol. The molecule has 0 saturated carbocycles. The van der Waals surface area contributed by atoms with Crippen molar-refractivity contribution in [3.8, 4) is 0 Å². The van der Waals surface area contributed by atoms with Gasteiger partial charge in [0.05, 0.1) is 29.0 Å². The molecule has 0 aliphatic carbocycles. The Hall–Kier alpha value is -8.21. The number of nitrogens with two attached hydrogens (primary N) is 4. The van der Waals surface area contributed by atoms with Crippen LogP contribution in [-0.2, 0) is 47.9 Å². The first-order chi connectivity index (χ1) is 32.9. The van der Waals surface area contributed by atoms with E-state index >= 15 is 0 Å². The van der Waals surface area contributed by atoms with Gasteiger partial charge >= 0.3 is 5.97 Å². The number of nitro benzene ring substituents is 2. The molecule has 0 radical (unpaired) electrons. The molecule has 0 bridgehead atoms. The molecule has 2 rings (SSSR count). The molecule has 0 aromatic heterocycles. The molecule has 16 N–H and O–H groups in total. The average molecular weight is 992 g/mol. The van der Waals surface area contributed by atoms with E-state index in [1.165, 1.54) is 11.8 Å². The van der Waals surface area contributed by atoms with Gasteiger partial charge in [0.15, 0.2) is 5.96 Å². The number of nitrogens with one attached hydrogen (secondary N) is 7. The third kappa shape index (κ3) is 19.2. The minimum atomic E-state index is -1.45. The normalized spacial score (nSPS) is 15.5. The minimum absolute atomic E-state index is 0.0703. The number of carbonyl (C=O) groups excluding carboxylic acids is 9. The number of anilines is 1.